The van der Waals surface area contributed by atoms with Crippen molar-refractivity contribution in [3.8, 4) is 16.9 Å². The van der Waals surface area contributed by atoms with E-state index in [0.717, 1.165) is 37.1 Å². The quantitative estimate of drug-likeness (QED) is 0.830. The Hall–Kier alpha value is -2.47. The number of likely N-dealkylation sites (tertiary alicyclic amines) is 1. The van der Waals surface area contributed by atoms with E-state index in [0.29, 0.717) is 23.8 Å². The van der Waals surface area contributed by atoms with Gasteiger partial charge in [0, 0.05) is 25.4 Å². The number of likely N-dealkylation sites (N-methyl/N-ethyl adjacent to an activating group) is 1. The Morgan fingerprint density at radius 2 is 2.14 bits per heavy atom. The highest BCUT2D eigenvalue weighted by Gasteiger charge is 2.50. The van der Waals surface area contributed by atoms with Crippen molar-refractivity contribution in [2.75, 3.05) is 20.2 Å². The lowest BCUT2D eigenvalue weighted by molar-refractivity contribution is -0.131. The number of nitrogens with zero attached hydrogens (tertiary/aromatic N) is 2. The predicted octanol–water partition coefficient (Wildman–Crippen LogP) is 3.95. The Labute approximate surface area is 171 Å². The third-order valence-electron chi connectivity index (χ3n) is 5.91. The molecule has 154 valence electrons. The number of amides is 1. The van der Waals surface area contributed by atoms with Crippen molar-refractivity contribution in [1.82, 2.24) is 15.2 Å². The second-order valence-corrected chi connectivity index (χ2v) is 8.61. The van der Waals surface area contributed by atoms with Gasteiger partial charge in [-0.2, -0.15) is 0 Å². The van der Waals surface area contributed by atoms with Gasteiger partial charge in [-0.1, -0.05) is 13.8 Å². The molecule has 1 amide bonds. The van der Waals surface area contributed by atoms with Crippen molar-refractivity contribution in [3.05, 3.63) is 48.0 Å². The van der Waals surface area contributed by atoms with Gasteiger partial charge >= 0.3 is 0 Å². The number of pyridine rings is 1. The van der Waals surface area contributed by atoms with Crippen molar-refractivity contribution in [2.24, 2.45) is 5.92 Å². The fraction of sp³-hybridized carbons (Fsp3) is 0.478. The first-order valence-electron chi connectivity index (χ1n) is 10.3. The molecule has 5 nitrogen and oxygen atoms in total. The highest BCUT2D eigenvalue weighted by Crippen LogP contribution is 2.39. The molecule has 0 aliphatic carbocycles. The molecule has 29 heavy (non-hydrogen) atoms. The first-order valence-corrected chi connectivity index (χ1v) is 10.3. The lowest BCUT2D eigenvalue weighted by atomic mass is 9.96. The normalized spacial score (nSPS) is 24.1. The SMILES string of the molecule is CC(C)COc1ccc(F)c(-c2ccnc([C@H]3CC[C@@]4(CCN(C)C4=O)N3)c2)c1. The minimum Gasteiger partial charge on any atom is -0.493 e. The van der Waals surface area contributed by atoms with Crippen LogP contribution in [0, 0.1) is 11.7 Å². The van der Waals surface area contributed by atoms with E-state index in [4.69, 9.17) is 4.74 Å². The summed E-state index contributed by atoms with van der Waals surface area (Å²) in [6, 6.07) is 8.58. The Bertz CT molecular complexity index is 917. The topological polar surface area (TPSA) is 54.5 Å². The molecule has 1 aromatic heterocycles. The van der Waals surface area contributed by atoms with Crippen LogP contribution in [0.25, 0.3) is 11.1 Å². The van der Waals surface area contributed by atoms with Gasteiger partial charge in [0.25, 0.3) is 0 Å². The molecule has 2 saturated heterocycles. The molecular formula is C23H28FN3O2. The van der Waals surface area contributed by atoms with Gasteiger partial charge in [-0.25, -0.2) is 4.39 Å². The van der Waals surface area contributed by atoms with Crippen LogP contribution in [0.5, 0.6) is 5.75 Å². The summed E-state index contributed by atoms with van der Waals surface area (Å²) in [5, 5.41) is 3.53. The minimum absolute atomic E-state index is 0.00571. The first-order chi connectivity index (χ1) is 13.9. The van der Waals surface area contributed by atoms with Crippen molar-refractivity contribution in [1.29, 1.82) is 0 Å². The van der Waals surface area contributed by atoms with Gasteiger partial charge in [0.05, 0.1) is 18.3 Å². The first kappa shape index (κ1) is 19.8. The summed E-state index contributed by atoms with van der Waals surface area (Å²) in [7, 11) is 1.85. The molecule has 0 saturated carbocycles. The molecule has 0 radical (unpaired) electrons. The smallest absolute Gasteiger partial charge is 0.242 e. The largest absolute Gasteiger partial charge is 0.493 e. The highest BCUT2D eigenvalue weighted by molar-refractivity contribution is 5.88. The Kier molecular flexibility index (Phi) is 5.30. The number of rotatable bonds is 5. The van der Waals surface area contributed by atoms with Crippen LogP contribution in [0.15, 0.2) is 36.5 Å². The van der Waals surface area contributed by atoms with E-state index in [1.165, 1.54) is 6.07 Å². The molecule has 1 N–H and O–H groups in total. The number of nitrogens with one attached hydrogen (secondary N) is 1. The van der Waals surface area contributed by atoms with Gasteiger partial charge < -0.3 is 9.64 Å². The molecule has 4 rings (SSSR count). The van der Waals surface area contributed by atoms with Gasteiger partial charge in [-0.3, -0.25) is 15.1 Å². The van der Waals surface area contributed by atoms with Crippen LogP contribution < -0.4 is 10.1 Å². The van der Waals surface area contributed by atoms with E-state index >= 15 is 0 Å². The molecule has 3 heterocycles. The molecule has 0 unspecified atom stereocenters. The zero-order valence-electron chi connectivity index (χ0n) is 17.2. The van der Waals surface area contributed by atoms with Crippen molar-refractivity contribution >= 4 is 5.91 Å². The van der Waals surface area contributed by atoms with Crippen LogP contribution in [-0.2, 0) is 4.79 Å². The lowest BCUT2D eigenvalue weighted by Gasteiger charge is -2.23. The lowest BCUT2D eigenvalue weighted by Crippen LogP contribution is -2.47. The number of carbonyl (C=O) groups is 1. The van der Waals surface area contributed by atoms with Crippen LogP contribution in [0.3, 0.4) is 0 Å². The van der Waals surface area contributed by atoms with Gasteiger partial charge in [0.15, 0.2) is 0 Å². The summed E-state index contributed by atoms with van der Waals surface area (Å²) in [4.78, 5) is 18.9. The molecule has 2 atom stereocenters. The average molecular weight is 397 g/mol. The number of hydrogen-bond donors (Lipinski definition) is 1. The number of halogens is 1. The molecule has 6 heteroatoms. The summed E-state index contributed by atoms with van der Waals surface area (Å²) in [6.45, 7) is 5.52. The number of ether oxygens (including phenoxy) is 1. The maximum atomic E-state index is 14.6. The maximum Gasteiger partial charge on any atom is 0.242 e. The van der Waals surface area contributed by atoms with E-state index in [2.05, 4.69) is 24.1 Å². The molecular weight excluding hydrogens is 369 g/mol. The van der Waals surface area contributed by atoms with E-state index in [1.807, 2.05) is 19.2 Å². The van der Waals surface area contributed by atoms with E-state index < -0.39 is 5.54 Å². The van der Waals surface area contributed by atoms with Crippen LogP contribution in [0.1, 0.15) is 44.8 Å². The van der Waals surface area contributed by atoms with Crippen LogP contribution in [-0.4, -0.2) is 41.5 Å². The van der Waals surface area contributed by atoms with Crippen LogP contribution in [0.2, 0.25) is 0 Å². The minimum atomic E-state index is -0.465. The Balaban J connectivity index is 1.57. The van der Waals surface area contributed by atoms with Gasteiger partial charge in [-0.15, -0.1) is 0 Å². The zero-order valence-corrected chi connectivity index (χ0v) is 17.2. The molecule has 1 spiro atoms. The van der Waals surface area contributed by atoms with E-state index in [9.17, 15) is 9.18 Å². The van der Waals surface area contributed by atoms with Gasteiger partial charge in [0.2, 0.25) is 5.91 Å². The second kappa shape index (κ2) is 7.75. The predicted molar refractivity (Wildman–Crippen MR) is 110 cm³/mol. The van der Waals surface area contributed by atoms with Crippen LogP contribution >= 0.6 is 0 Å². The third kappa shape index (κ3) is 3.86. The molecule has 2 aliphatic rings. The fourth-order valence-electron chi connectivity index (χ4n) is 4.27. The van der Waals surface area contributed by atoms with Crippen LogP contribution in [0.4, 0.5) is 4.39 Å². The summed E-state index contributed by atoms with van der Waals surface area (Å²) in [5.41, 5.74) is 1.64. The second-order valence-electron chi connectivity index (χ2n) is 8.61. The summed E-state index contributed by atoms with van der Waals surface area (Å²) >= 11 is 0. The van der Waals surface area contributed by atoms with Crippen molar-refractivity contribution in [2.45, 2.75) is 44.7 Å². The molecule has 2 fully saturated rings. The van der Waals surface area contributed by atoms with Gasteiger partial charge in [-0.05, 0) is 61.1 Å². The number of hydrogen-bond acceptors (Lipinski definition) is 4. The Morgan fingerprint density at radius 1 is 1.31 bits per heavy atom. The average Bonchev–Trinajstić information content (AvgIpc) is 3.27. The number of benzene rings is 1. The standard InChI is InChI=1S/C23H28FN3O2/c1-15(2)14-29-17-4-5-19(24)18(13-17)16-7-10-25-21(12-16)20-6-8-23(26-20)9-11-27(3)22(23)28/h4-5,7,10,12-13,15,20,26H,6,8-9,11,14H2,1-3H3/t20-,23+/m1/s1. The summed E-state index contributed by atoms with van der Waals surface area (Å²) in [5.74, 6) is 0.930. The molecule has 2 aromatic rings. The zero-order chi connectivity index (χ0) is 20.6. The summed E-state index contributed by atoms with van der Waals surface area (Å²) in [6.07, 6.45) is 4.18. The van der Waals surface area contributed by atoms with Gasteiger partial charge in [0.1, 0.15) is 17.1 Å². The van der Waals surface area contributed by atoms with Crippen molar-refractivity contribution in [3.63, 3.8) is 0 Å². The number of aromatic nitrogens is 1. The monoisotopic (exact) mass is 397 g/mol. The number of carbonyl (C=O) groups excluding carboxylic acids is 1. The molecule has 2 aliphatic heterocycles. The van der Waals surface area contributed by atoms with Crippen molar-refractivity contribution < 1.29 is 13.9 Å². The van der Waals surface area contributed by atoms with E-state index in [1.54, 1.807) is 23.2 Å². The summed E-state index contributed by atoms with van der Waals surface area (Å²) < 4.78 is 20.3. The third-order valence-corrected chi connectivity index (χ3v) is 5.91. The van der Waals surface area contributed by atoms with E-state index in [-0.39, 0.29) is 17.8 Å². The highest BCUT2D eigenvalue weighted by atomic mass is 19.1. The molecule has 0 bridgehead atoms. The maximum absolute atomic E-state index is 14.6. The molecule has 1 aromatic carbocycles. The fourth-order valence-corrected chi connectivity index (χ4v) is 4.27. The Morgan fingerprint density at radius 3 is 2.86 bits per heavy atom.